The highest BCUT2D eigenvalue weighted by molar-refractivity contribution is 6.30. The summed E-state index contributed by atoms with van der Waals surface area (Å²) in [6, 6.07) is 20.7. The van der Waals surface area contributed by atoms with Gasteiger partial charge in [0, 0.05) is 34.3 Å². The minimum atomic E-state index is -1.08. The van der Waals surface area contributed by atoms with E-state index in [9.17, 15) is 4.79 Å². The molecule has 0 aliphatic rings. The molecule has 2 aromatic carbocycles. The molecule has 3 rings (SSSR count). The molecule has 1 heterocycles. The predicted octanol–water partition coefficient (Wildman–Crippen LogP) is 6.08. The average Bonchev–Trinajstić information content (AvgIpc) is 2.73. The summed E-state index contributed by atoms with van der Waals surface area (Å²) in [6.45, 7) is 5.46. The lowest BCUT2D eigenvalue weighted by Crippen LogP contribution is -2.51. The highest BCUT2D eigenvalue weighted by Crippen LogP contribution is 2.28. The van der Waals surface area contributed by atoms with E-state index in [1.807, 2.05) is 61.5 Å². The molecule has 162 valence electrons. The molecule has 0 fully saturated rings. The van der Waals surface area contributed by atoms with Crippen LogP contribution in [-0.4, -0.2) is 22.5 Å². The first kappa shape index (κ1) is 23.1. The van der Waals surface area contributed by atoms with Crippen molar-refractivity contribution < 1.29 is 9.53 Å². The Morgan fingerprint density at radius 1 is 1.03 bits per heavy atom. The summed E-state index contributed by atoms with van der Waals surface area (Å²) in [6.07, 6.45) is 2.35. The van der Waals surface area contributed by atoms with E-state index >= 15 is 0 Å². The van der Waals surface area contributed by atoms with Crippen molar-refractivity contribution in [1.82, 2.24) is 10.3 Å². The SMILES string of the molecule is CC(NC(=O)C(C)(C)Oc1ccccn1)C(Cc1ccc(Cl)cc1)c1cccc(Cl)c1. The second-order valence-corrected chi connectivity index (χ2v) is 8.91. The number of carbonyl (C=O) groups excluding carboxylic acids is 1. The fourth-order valence-corrected chi connectivity index (χ4v) is 3.72. The van der Waals surface area contributed by atoms with Crippen LogP contribution in [0.5, 0.6) is 5.88 Å². The number of pyridine rings is 1. The van der Waals surface area contributed by atoms with Gasteiger partial charge in [-0.25, -0.2) is 4.98 Å². The standard InChI is InChI=1S/C25H26Cl2N2O2/c1-17(29-24(30)25(2,3)31-23-9-4-5-14-28-23)22(19-7-6-8-21(27)16-19)15-18-10-12-20(26)13-11-18/h4-14,16-17,22H,15H2,1-3H3,(H,29,30). The molecule has 6 heteroatoms. The van der Waals surface area contributed by atoms with Crippen LogP contribution in [0.4, 0.5) is 0 Å². The van der Waals surface area contributed by atoms with Crippen molar-refractivity contribution in [2.24, 2.45) is 0 Å². The quantitative estimate of drug-likeness (QED) is 0.446. The van der Waals surface area contributed by atoms with Crippen LogP contribution in [0.3, 0.4) is 0 Å². The van der Waals surface area contributed by atoms with Gasteiger partial charge < -0.3 is 10.1 Å². The van der Waals surface area contributed by atoms with Crippen molar-refractivity contribution in [3.63, 3.8) is 0 Å². The van der Waals surface area contributed by atoms with Crippen molar-refractivity contribution in [1.29, 1.82) is 0 Å². The van der Waals surface area contributed by atoms with Gasteiger partial charge >= 0.3 is 0 Å². The molecule has 0 bridgehead atoms. The Kier molecular flexibility index (Phi) is 7.58. The molecule has 0 saturated carbocycles. The summed E-state index contributed by atoms with van der Waals surface area (Å²) >= 11 is 12.3. The van der Waals surface area contributed by atoms with Gasteiger partial charge in [-0.3, -0.25) is 4.79 Å². The molecule has 2 unspecified atom stereocenters. The van der Waals surface area contributed by atoms with E-state index in [0.717, 1.165) is 17.5 Å². The first-order chi connectivity index (χ1) is 14.7. The van der Waals surface area contributed by atoms with Gasteiger partial charge in [0.15, 0.2) is 5.60 Å². The van der Waals surface area contributed by atoms with Crippen LogP contribution < -0.4 is 10.1 Å². The van der Waals surface area contributed by atoms with E-state index in [4.69, 9.17) is 27.9 Å². The third-order valence-corrected chi connectivity index (χ3v) is 5.64. The van der Waals surface area contributed by atoms with Gasteiger partial charge in [0.1, 0.15) is 0 Å². The normalized spacial score (nSPS) is 13.3. The van der Waals surface area contributed by atoms with E-state index in [2.05, 4.69) is 10.3 Å². The summed E-state index contributed by atoms with van der Waals surface area (Å²) in [5.74, 6) is 0.200. The highest BCUT2D eigenvalue weighted by atomic mass is 35.5. The fourth-order valence-electron chi connectivity index (χ4n) is 3.39. The average molecular weight is 457 g/mol. The van der Waals surface area contributed by atoms with Gasteiger partial charge in [-0.1, -0.05) is 53.5 Å². The van der Waals surface area contributed by atoms with Crippen molar-refractivity contribution in [3.05, 3.63) is 94.1 Å². The number of hydrogen-bond acceptors (Lipinski definition) is 3. The number of nitrogens with zero attached hydrogens (tertiary/aromatic N) is 1. The number of benzene rings is 2. The third-order valence-electron chi connectivity index (χ3n) is 5.15. The van der Waals surface area contributed by atoms with Gasteiger partial charge in [0.2, 0.25) is 5.88 Å². The van der Waals surface area contributed by atoms with E-state index in [-0.39, 0.29) is 17.9 Å². The van der Waals surface area contributed by atoms with E-state index in [1.165, 1.54) is 0 Å². The van der Waals surface area contributed by atoms with Gasteiger partial charge in [-0.05, 0) is 68.7 Å². The number of rotatable bonds is 8. The molecule has 31 heavy (non-hydrogen) atoms. The molecule has 1 amide bonds. The minimum Gasteiger partial charge on any atom is -0.462 e. The Morgan fingerprint density at radius 2 is 1.77 bits per heavy atom. The smallest absolute Gasteiger partial charge is 0.263 e. The van der Waals surface area contributed by atoms with E-state index in [0.29, 0.717) is 15.9 Å². The zero-order valence-electron chi connectivity index (χ0n) is 17.8. The number of hydrogen-bond donors (Lipinski definition) is 1. The van der Waals surface area contributed by atoms with Crippen molar-refractivity contribution in [3.8, 4) is 5.88 Å². The Balaban J connectivity index is 1.79. The van der Waals surface area contributed by atoms with Crippen LogP contribution in [0.15, 0.2) is 72.9 Å². The summed E-state index contributed by atoms with van der Waals surface area (Å²) in [5.41, 5.74) is 1.10. The second kappa shape index (κ2) is 10.2. The van der Waals surface area contributed by atoms with Gasteiger partial charge in [-0.2, -0.15) is 0 Å². The fraction of sp³-hybridized carbons (Fsp3) is 0.280. The Labute approximate surface area is 193 Å². The zero-order valence-corrected chi connectivity index (χ0v) is 19.3. The number of ether oxygens (including phenoxy) is 1. The number of carbonyl (C=O) groups is 1. The Hall–Kier alpha value is -2.56. The lowest BCUT2D eigenvalue weighted by Gasteiger charge is -2.30. The van der Waals surface area contributed by atoms with Gasteiger partial charge in [-0.15, -0.1) is 0 Å². The van der Waals surface area contributed by atoms with E-state index < -0.39 is 5.60 Å². The summed E-state index contributed by atoms with van der Waals surface area (Å²) < 4.78 is 5.84. The van der Waals surface area contributed by atoms with E-state index in [1.54, 1.807) is 32.2 Å². The number of aromatic nitrogens is 1. The molecule has 3 aromatic rings. The monoisotopic (exact) mass is 456 g/mol. The van der Waals surface area contributed by atoms with Crippen LogP contribution in [0.25, 0.3) is 0 Å². The molecule has 1 N–H and O–H groups in total. The maximum atomic E-state index is 13.1. The number of nitrogens with one attached hydrogen (secondary N) is 1. The van der Waals surface area contributed by atoms with Crippen molar-refractivity contribution in [2.75, 3.05) is 0 Å². The topological polar surface area (TPSA) is 51.2 Å². The first-order valence-electron chi connectivity index (χ1n) is 10.2. The molecular weight excluding hydrogens is 431 g/mol. The van der Waals surface area contributed by atoms with Crippen LogP contribution in [-0.2, 0) is 11.2 Å². The summed E-state index contributed by atoms with van der Waals surface area (Å²) in [4.78, 5) is 17.2. The first-order valence-corrected chi connectivity index (χ1v) is 10.9. The summed E-state index contributed by atoms with van der Waals surface area (Å²) in [7, 11) is 0. The lowest BCUT2D eigenvalue weighted by molar-refractivity contribution is -0.135. The maximum absolute atomic E-state index is 13.1. The lowest BCUT2D eigenvalue weighted by atomic mass is 9.86. The highest BCUT2D eigenvalue weighted by Gasteiger charge is 2.33. The second-order valence-electron chi connectivity index (χ2n) is 8.03. The number of amides is 1. The number of halogens is 2. The predicted molar refractivity (Wildman–Crippen MR) is 126 cm³/mol. The summed E-state index contributed by atoms with van der Waals surface area (Å²) in [5, 5.41) is 4.48. The maximum Gasteiger partial charge on any atom is 0.263 e. The molecule has 0 spiro atoms. The van der Waals surface area contributed by atoms with Crippen molar-refractivity contribution >= 4 is 29.1 Å². The van der Waals surface area contributed by atoms with Gasteiger partial charge in [0.05, 0.1) is 0 Å². The largest absolute Gasteiger partial charge is 0.462 e. The third kappa shape index (κ3) is 6.46. The molecule has 0 radical (unpaired) electrons. The van der Waals surface area contributed by atoms with Crippen LogP contribution >= 0.6 is 23.2 Å². The Morgan fingerprint density at radius 3 is 2.42 bits per heavy atom. The zero-order chi connectivity index (χ0) is 22.4. The molecule has 0 aliphatic heterocycles. The molecule has 4 nitrogen and oxygen atoms in total. The molecule has 0 saturated heterocycles. The van der Waals surface area contributed by atoms with Crippen LogP contribution in [0, 0.1) is 0 Å². The Bertz CT molecular complexity index is 1010. The van der Waals surface area contributed by atoms with Gasteiger partial charge in [0.25, 0.3) is 5.91 Å². The van der Waals surface area contributed by atoms with Crippen LogP contribution in [0.2, 0.25) is 10.0 Å². The molecule has 2 atom stereocenters. The molecular formula is C25H26Cl2N2O2. The molecule has 0 aliphatic carbocycles. The van der Waals surface area contributed by atoms with Crippen molar-refractivity contribution in [2.45, 2.75) is 44.8 Å². The molecule has 1 aromatic heterocycles. The van der Waals surface area contributed by atoms with Crippen LogP contribution in [0.1, 0.15) is 37.8 Å². The minimum absolute atomic E-state index is 0.00877.